The van der Waals surface area contributed by atoms with Crippen LogP contribution in [0.5, 0.6) is 0 Å². The van der Waals surface area contributed by atoms with Crippen LogP contribution in [-0.2, 0) is 4.79 Å². The second-order valence-corrected chi connectivity index (χ2v) is 8.35. The fourth-order valence-corrected chi connectivity index (χ4v) is 4.09. The highest BCUT2D eigenvalue weighted by Gasteiger charge is 2.45. The SMILES string of the molecule is C[C@@H](NC(=O)c1cc2cc(Br)ccc2[nH]1)C(=O)N1CCC2(CC1)CC2. The summed E-state index contributed by atoms with van der Waals surface area (Å²) >= 11 is 3.43. The summed E-state index contributed by atoms with van der Waals surface area (Å²) in [5.74, 6) is -0.230. The number of halogens is 1. The lowest BCUT2D eigenvalue weighted by atomic mass is 9.93. The zero-order valence-corrected chi connectivity index (χ0v) is 15.9. The third-order valence-corrected chi connectivity index (χ3v) is 6.13. The maximum Gasteiger partial charge on any atom is 0.268 e. The van der Waals surface area contributed by atoms with Crippen LogP contribution >= 0.6 is 15.9 Å². The van der Waals surface area contributed by atoms with E-state index < -0.39 is 6.04 Å². The van der Waals surface area contributed by atoms with Crippen molar-refractivity contribution in [1.82, 2.24) is 15.2 Å². The Morgan fingerprint density at radius 3 is 2.60 bits per heavy atom. The molecule has 6 heteroatoms. The zero-order chi connectivity index (χ0) is 17.6. The number of carbonyl (C=O) groups is 2. The second kappa shape index (κ2) is 6.16. The van der Waals surface area contributed by atoms with E-state index in [9.17, 15) is 9.59 Å². The van der Waals surface area contributed by atoms with Crippen LogP contribution in [0.1, 0.15) is 43.1 Å². The summed E-state index contributed by atoms with van der Waals surface area (Å²) in [6, 6.07) is 7.10. The Labute approximate surface area is 155 Å². The Kier molecular flexibility index (Phi) is 4.10. The average Bonchev–Trinajstić information content (AvgIpc) is 3.21. The fourth-order valence-electron chi connectivity index (χ4n) is 3.71. The monoisotopic (exact) mass is 403 g/mol. The number of piperidine rings is 1. The fraction of sp³-hybridized carbons (Fsp3) is 0.474. The molecule has 0 bridgehead atoms. The van der Waals surface area contributed by atoms with E-state index in [2.05, 4.69) is 26.2 Å². The van der Waals surface area contributed by atoms with Gasteiger partial charge in [-0.05, 0) is 62.3 Å². The molecular formula is C19H22BrN3O2. The Morgan fingerprint density at radius 1 is 1.20 bits per heavy atom. The van der Waals surface area contributed by atoms with E-state index >= 15 is 0 Å². The molecule has 5 nitrogen and oxygen atoms in total. The van der Waals surface area contributed by atoms with Gasteiger partial charge in [-0.15, -0.1) is 0 Å². The molecule has 2 aromatic rings. The topological polar surface area (TPSA) is 65.2 Å². The van der Waals surface area contributed by atoms with E-state index in [-0.39, 0.29) is 11.8 Å². The van der Waals surface area contributed by atoms with Crippen molar-refractivity contribution >= 4 is 38.6 Å². The van der Waals surface area contributed by atoms with Gasteiger partial charge < -0.3 is 15.2 Å². The number of nitrogens with zero attached hydrogens (tertiary/aromatic N) is 1. The normalized spacial score (nSPS) is 19.8. The van der Waals surface area contributed by atoms with Crippen LogP contribution in [0.2, 0.25) is 0 Å². The lowest BCUT2D eigenvalue weighted by Gasteiger charge is -2.33. The number of benzene rings is 1. The van der Waals surface area contributed by atoms with E-state index in [4.69, 9.17) is 0 Å². The van der Waals surface area contributed by atoms with Crippen molar-refractivity contribution in [2.75, 3.05) is 13.1 Å². The molecule has 25 heavy (non-hydrogen) atoms. The zero-order valence-electron chi connectivity index (χ0n) is 14.3. The molecule has 1 saturated heterocycles. The predicted molar refractivity (Wildman–Crippen MR) is 100 cm³/mol. The van der Waals surface area contributed by atoms with E-state index in [1.54, 1.807) is 6.92 Å². The number of aromatic amines is 1. The molecule has 2 amide bonds. The minimum absolute atomic E-state index is 0.0164. The molecule has 1 saturated carbocycles. The van der Waals surface area contributed by atoms with Gasteiger partial charge in [-0.3, -0.25) is 9.59 Å². The number of rotatable bonds is 3. The summed E-state index contributed by atoms with van der Waals surface area (Å²) in [4.78, 5) is 30.1. The Hall–Kier alpha value is -1.82. The largest absolute Gasteiger partial charge is 0.351 e. The Balaban J connectivity index is 1.39. The van der Waals surface area contributed by atoms with Crippen LogP contribution in [0.4, 0.5) is 0 Å². The number of likely N-dealkylation sites (tertiary alicyclic amines) is 1. The predicted octanol–water partition coefficient (Wildman–Crippen LogP) is 3.45. The summed E-state index contributed by atoms with van der Waals surface area (Å²) in [5.41, 5.74) is 1.92. The molecule has 132 valence electrons. The number of hydrogen-bond acceptors (Lipinski definition) is 2. The second-order valence-electron chi connectivity index (χ2n) is 7.44. The van der Waals surface area contributed by atoms with Crippen molar-refractivity contribution < 1.29 is 9.59 Å². The number of aromatic nitrogens is 1. The van der Waals surface area contributed by atoms with Gasteiger partial charge in [-0.25, -0.2) is 0 Å². The highest BCUT2D eigenvalue weighted by molar-refractivity contribution is 9.10. The highest BCUT2D eigenvalue weighted by atomic mass is 79.9. The molecule has 1 aromatic carbocycles. The maximum absolute atomic E-state index is 12.6. The summed E-state index contributed by atoms with van der Waals surface area (Å²) in [7, 11) is 0. The third-order valence-electron chi connectivity index (χ3n) is 5.64. The van der Waals surface area contributed by atoms with Gasteiger partial charge in [0.1, 0.15) is 11.7 Å². The maximum atomic E-state index is 12.6. The Bertz CT molecular complexity index is 830. The van der Waals surface area contributed by atoms with Crippen LogP contribution in [0.25, 0.3) is 10.9 Å². The van der Waals surface area contributed by atoms with E-state index in [0.717, 1.165) is 41.3 Å². The van der Waals surface area contributed by atoms with Gasteiger partial charge in [0.15, 0.2) is 0 Å². The first-order chi connectivity index (χ1) is 12.0. The van der Waals surface area contributed by atoms with Crippen LogP contribution in [-0.4, -0.2) is 40.8 Å². The van der Waals surface area contributed by atoms with Crippen molar-refractivity contribution in [3.8, 4) is 0 Å². The number of amides is 2. The Morgan fingerprint density at radius 2 is 1.92 bits per heavy atom. The van der Waals surface area contributed by atoms with Crippen LogP contribution in [0.3, 0.4) is 0 Å². The van der Waals surface area contributed by atoms with Gasteiger partial charge in [0.2, 0.25) is 5.91 Å². The molecular weight excluding hydrogens is 382 g/mol. The van der Waals surface area contributed by atoms with Crippen LogP contribution in [0, 0.1) is 5.41 Å². The summed E-state index contributed by atoms with van der Waals surface area (Å²) in [6.45, 7) is 3.40. The molecule has 2 N–H and O–H groups in total. The molecule has 1 aromatic heterocycles. The van der Waals surface area contributed by atoms with Gasteiger partial charge in [0, 0.05) is 28.5 Å². The van der Waals surface area contributed by atoms with Crippen molar-refractivity contribution in [3.63, 3.8) is 0 Å². The van der Waals surface area contributed by atoms with Gasteiger partial charge in [-0.1, -0.05) is 15.9 Å². The number of carbonyl (C=O) groups excluding carboxylic acids is 2. The molecule has 2 aliphatic rings. The first kappa shape index (κ1) is 16.6. The molecule has 1 spiro atoms. The van der Waals surface area contributed by atoms with Gasteiger partial charge in [-0.2, -0.15) is 0 Å². The minimum atomic E-state index is -0.515. The molecule has 2 fully saturated rings. The van der Waals surface area contributed by atoms with Gasteiger partial charge in [0.05, 0.1) is 0 Å². The number of H-pyrrole nitrogens is 1. The quantitative estimate of drug-likeness (QED) is 0.823. The van der Waals surface area contributed by atoms with Gasteiger partial charge >= 0.3 is 0 Å². The lowest BCUT2D eigenvalue weighted by Crippen LogP contribution is -2.49. The first-order valence-electron chi connectivity index (χ1n) is 8.84. The standard InChI is InChI=1S/C19H22BrN3O2/c1-12(18(25)23-8-6-19(4-5-19)7-9-23)21-17(24)16-11-13-10-14(20)2-3-15(13)22-16/h2-3,10-12,22H,4-9H2,1H3,(H,21,24)/t12-/m1/s1. The summed E-state index contributed by atoms with van der Waals surface area (Å²) < 4.78 is 0.966. The molecule has 1 aliphatic carbocycles. The highest BCUT2D eigenvalue weighted by Crippen LogP contribution is 2.53. The smallest absolute Gasteiger partial charge is 0.268 e. The molecule has 0 radical (unpaired) electrons. The molecule has 0 unspecified atom stereocenters. The summed E-state index contributed by atoms with van der Waals surface area (Å²) in [5, 5.41) is 3.79. The van der Waals surface area contributed by atoms with E-state index in [0.29, 0.717) is 11.1 Å². The molecule has 1 atom stereocenters. The van der Waals surface area contributed by atoms with Crippen LogP contribution < -0.4 is 5.32 Å². The third kappa shape index (κ3) is 3.32. The number of fused-ring (bicyclic) bond motifs is 1. The number of nitrogens with one attached hydrogen (secondary N) is 2. The molecule has 4 rings (SSSR count). The minimum Gasteiger partial charge on any atom is -0.351 e. The molecule has 1 aliphatic heterocycles. The summed E-state index contributed by atoms with van der Waals surface area (Å²) in [6.07, 6.45) is 4.85. The van der Waals surface area contributed by atoms with Gasteiger partial charge in [0.25, 0.3) is 5.91 Å². The van der Waals surface area contributed by atoms with Crippen molar-refractivity contribution in [3.05, 3.63) is 34.4 Å². The lowest BCUT2D eigenvalue weighted by molar-refractivity contribution is -0.134. The van der Waals surface area contributed by atoms with E-state index in [1.807, 2.05) is 29.2 Å². The van der Waals surface area contributed by atoms with Crippen molar-refractivity contribution in [2.45, 2.75) is 38.6 Å². The van der Waals surface area contributed by atoms with E-state index in [1.165, 1.54) is 12.8 Å². The molecule has 2 heterocycles. The first-order valence-corrected chi connectivity index (χ1v) is 9.63. The average molecular weight is 404 g/mol. The van der Waals surface area contributed by atoms with Crippen molar-refractivity contribution in [2.24, 2.45) is 5.41 Å². The van der Waals surface area contributed by atoms with Crippen molar-refractivity contribution in [1.29, 1.82) is 0 Å². The number of hydrogen-bond donors (Lipinski definition) is 2. The van der Waals surface area contributed by atoms with Crippen LogP contribution in [0.15, 0.2) is 28.7 Å².